The molecule has 26 N–H and O–H groups in total. The van der Waals surface area contributed by atoms with Gasteiger partial charge in [0.1, 0.15) is 84.3 Å². The fourth-order valence-corrected chi connectivity index (χ4v) is 12.7. The van der Waals surface area contributed by atoms with E-state index in [0.717, 1.165) is 0 Å². The monoisotopic (exact) mass is 1730 g/mol. The lowest BCUT2D eigenvalue weighted by Crippen LogP contribution is -2.61. The largest absolute Gasteiger partial charge is 0.508 e. The van der Waals surface area contributed by atoms with Gasteiger partial charge < -0.3 is 127 Å². The Morgan fingerprint density at radius 3 is 1.42 bits per heavy atom. The summed E-state index contributed by atoms with van der Waals surface area (Å²) < 4.78 is 0. The molecule has 0 bridgehead atoms. The summed E-state index contributed by atoms with van der Waals surface area (Å²) in [7, 11) is 0. The molecule has 0 radical (unpaired) electrons. The maximum absolute atomic E-state index is 14.2. The molecule has 18 amide bonds. The predicted molar refractivity (Wildman–Crippen MR) is 438 cm³/mol. The third kappa shape index (κ3) is 35.9. The number of nitrogens with one attached hydrogen (secondary N) is 17. The van der Waals surface area contributed by atoms with Crippen LogP contribution in [0.25, 0.3) is 0 Å². The molecular formula is C78H121N23O22. The van der Waals surface area contributed by atoms with Crippen LogP contribution in [-0.2, 0) is 110 Å². The van der Waals surface area contributed by atoms with E-state index in [1.165, 1.54) is 69.8 Å². The highest BCUT2D eigenvalue weighted by atomic mass is 16.4. The fourth-order valence-electron chi connectivity index (χ4n) is 12.7. The normalized spacial score (nSPS) is 16.1. The van der Waals surface area contributed by atoms with Crippen LogP contribution in [0.3, 0.4) is 0 Å². The van der Waals surface area contributed by atoms with E-state index in [9.17, 15) is 106 Å². The Morgan fingerprint density at radius 2 is 0.919 bits per heavy atom. The number of H-pyrrole nitrogens is 2. The topological polar surface area (TPSA) is 704 Å². The van der Waals surface area contributed by atoms with Crippen molar-refractivity contribution in [2.75, 3.05) is 26.2 Å². The standard InChI is InChI=1S/C78H121N23O22/c1-13-40(8)63(76(121)98-53(25-39(6)7)74(119)100-64(44(12)102)77(122)94-51(65(81)110)23-37(2)3)99-61(107)34-85-67(112)42(10)90-68(113)43(11)91-71(116)55(28-47-31-83-36-88-47)96-73(118)56(29-58(80)104)92-60(106)33-84-66(111)41(9)89-59(105)32-86-70(115)54(27-46-30-82-35-87-46)95-72(117)52(24-38(4)5)97-75(120)57-15-14-22-101(57)78(123)50(20-21-62(108)109)93-69(114)49(79)26-45-16-18-48(103)19-17-45/h16-19,30-31,35-44,49-57,63-64,102-103H,13-15,20-29,32-34,79H2,1-12H3,(H2,80,104)(H2,81,110)(H,82,87)(H,83,88)(H,84,111)(H,85,112)(H,86,115)(H,89,105)(H,90,113)(H,91,116)(H,92,106)(H,93,114)(H,94,122)(H,95,117)(H,96,118)(H,97,120)(H,98,121)(H,99,107)(H,100,119)(H,108,109)/t40-,41-,42-,43-,44+,49-,50-,51-,52-,53-,54-,55-,56-,57-,63-,64-/m0/s1. The molecule has 16 atom stereocenters. The minimum atomic E-state index is -1.80. The van der Waals surface area contributed by atoms with Crippen molar-refractivity contribution in [2.24, 2.45) is 40.9 Å². The summed E-state index contributed by atoms with van der Waals surface area (Å²) in [6, 6.07) is -13.6. The van der Waals surface area contributed by atoms with Crippen LogP contribution in [0.2, 0.25) is 0 Å². The van der Waals surface area contributed by atoms with Gasteiger partial charge in [0.05, 0.1) is 50.9 Å². The summed E-state index contributed by atoms with van der Waals surface area (Å²) in [6.45, 7) is 16.6. The number of aliphatic hydroxyl groups excluding tert-OH is 1. The van der Waals surface area contributed by atoms with Crippen LogP contribution in [0.15, 0.2) is 49.3 Å². The highest BCUT2D eigenvalue weighted by Gasteiger charge is 2.42. The van der Waals surface area contributed by atoms with E-state index in [1.54, 1.807) is 67.5 Å². The number of primary amides is 2. The predicted octanol–water partition coefficient (Wildman–Crippen LogP) is -6.80. The molecule has 1 saturated heterocycles. The van der Waals surface area contributed by atoms with Crippen LogP contribution < -0.4 is 97.0 Å². The number of amides is 18. The second-order valence-electron chi connectivity index (χ2n) is 31.7. The van der Waals surface area contributed by atoms with Crippen LogP contribution in [-0.4, -0.2) is 269 Å². The number of nitrogens with two attached hydrogens (primary N) is 3. The first-order valence-electron chi connectivity index (χ1n) is 40.5. The molecule has 45 nitrogen and oxygen atoms in total. The van der Waals surface area contributed by atoms with Crippen molar-refractivity contribution < 1.29 is 106 Å². The zero-order chi connectivity index (χ0) is 92.2. The number of carboxylic acid groups (broad SMARTS) is 1. The zero-order valence-corrected chi connectivity index (χ0v) is 71.1. The van der Waals surface area contributed by atoms with Crippen molar-refractivity contribution in [1.29, 1.82) is 0 Å². The molecule has 0 aliphatic carbocycles. The summed E-state index contributed by atoms with van der Waals surface area (Å²) >= 11 is 0. The molecule has 4 rings (SSSR count). The number of aliphatic hydroxyl groups is 1. The number of hydrogen-bond donors (Lipinski definition) is 23. The highest BCUT2D eigenvalue weighted by molar-refractivity contribution is 6.01. The number of carboxylic acids is 1. The Bertz CT molecular complexity index is 4150. The number of aromatic hydroxyl groups is 1. The van der Waals surface area contributed by atoms with Gasteiger partial charge in [-0.2, -0.15) is 0 Å². The summed E-state index contributed by atoms with van der Waals surface area (Å²) in [5.41, 5.74) is 18.3. The van der Waals surface area contributed by atoms with E-state index in [0.29, 0.717) is 24.1 Å². The maximum Gasteiger partial charge on any atom is 0.303 e. The van der Waals surface area contributed by atoms with E-state index >= 15 is 0 Å². The van der Waals surface area contributed by atoms with Crippen molar-refractivity contribution >= 4 is 112 Å². The van der Waals surface area contributed by atoms with Gasteiger partial charge in [0.15, 0.2) is 0 Å². The Labute approximate surface area is 710 Å². The van der Waals surface area contributed by atoms with Crippen LogP contribution in [0.1, 0.15) is 158 Å². The third-order valence-electron chi connectivity index (χ3n) is 19.6. The van der Waals surface area contributed by atoms with Crippen LogP contribution >= 0.6 is 0 Å². The summed E-state index contributed by atoms with van der Waals surface area (Å²) in [5, 5.41) is 66.5. The smallest absolute Gasteiger partial charge is 0.303 e. The van der Waals surface area contributed by atoms with Crippen LogP contribution in [0.5, 0.6) is 5.75 Å². The number of imidazole rings is 2. The van der Waals surface area contributed by atoms with Gasteiger partial charge in [-0.3, -0.25) is 91.1 Å². The first-order chi connectivity index (χ1) is 57.8. The number of aromatic amines is 2. The van der Waals surface area contributed by atoms with Gasteiger partial charge in [-0.05, 0) is 114 Å². The average molecular weight is 1730 g/mol. The van der Waals surface area contributed by atoms with Gasteiger partial charge in [-0.25, -0.2) is 9.97 Å². The lowest BCUT2D eigenvalue weighted by molar-refractivity contribution is -0.143. The van der Waals surface area contributed by atoms with Crippen molar-refractivity contribution in [3.63, 3.8) is 0 Å². The lowest BCUT2D eigenvalue weighted by atomic mass is 9.96. The molecule has 123 heavy (non-hydrogen) atoms. The number of carbonyl (C=O) groups excluding carboxylic acids is 18. The molecule has 1 aromatic carbocycles. The number of carbonyl (C=O) groups is 19. The van der Waals surface area contributed by atoms with Crippen LogP contribution in [0, 0.1) is 23.7 Å². The molecule has 1 aliphatic rings. The van der Waals surface area contributed by atoms with E-state index in [1.807, 2.05) is 0 Å². The van der Waals surface area contributed by atoms with Gasteiger partial charge >= 0.3 is 5.97 Å². The Balaban J connectivity index is 1.33. The van der Waals surface area contributed by atoms with Crippen molar-refractivity contribution in [2.45, 2.75) is 251 Å². The third-order valence-corrected chi connectivity index (χ3v) is 19.6. The number of likely N-dealkylation sites (tertiary alicyclic amines) is 1. The maximum atomic E-state index is 14.2. The van der Waals surface area contributed by atoms with E-state index in [4.69, 9.17) is 17.2 Å². The lowest BCUT2D eigenvalue weighted by Gasteiger charge is -2.30. The molecule has 0 saturated carbocycles. The minimum absolute atomic E-state index is 0.00108. The van der Waals surface area contributed by atoms with Crippen LogP contribution in [0.4, 0.5) is 0 Å². The number of rotatable bonds is 52. The Hall–Kier alpha value is -12.7. The summed E-state index contributed by atoms with van der Waals surface area (Å²) in [5.74, 6) is -18.9. The van der Waals surface area contributed by atoms with Crippen molar-refractivity contribution in [1.82, 2.24) is 105 Å². The summed E-state index contributed by atoms with van der Waals surface area (Å²) in [4.78, 5) is 270. The van der Waals surface area contributed by atoms with E-state index in [-0.39, 0.29) is 87.1 Å². The van der Waals surface area contributed by atoms with Gasteiger partial charge in [-0.15, -0.1) is 0 Å². The summed E-state index contributed by atoms with van der Waals surface area (Å²) in [6.07, 6.45) is 2.43. The Kier molecular flexibility index (Phi) is 42.1. The number of aromatic nitrogens is 4. The second-order valence-corrected chi connectivity index (χ2v) is 31.7. The molecular weight excluding hydrogens is 1610 g/mol. The molecule has 0 unspecified atom stereocenters. The molecule has 0 spiro atoms. The zero-order valence-electron chi connectivity index (χ0n) is 71.1. The first kappa shape index (κ1) is 103. The number of benzene rings is 1. The van der Waals surface area contributed by atoms with Gasteiger partial charge in [0.25, 0.3) is 0 Å². The number of phenolic OH excluding ortho intramolecular Hbond substituents is 1. The molecule has 1 aliphatic heterocycles. The molecule has 680 valence electrons. The molecule has 3 aromatic rings. The molecule has 3 heterocycles. The average Bonchev–Trinajstić information content (AvgIpc) is 1.70. The number of phenols is 1. The Morgan fingerprint density at radius 1 is 0.480 bits per heavy atom. The fraction of sp³-hybridized carbons (Fsp3) is 0.603. The SMILES string of the molecule is CC[C@H](C)[C@H](NC(=O)CNC(=O)[C@H](C)NC(=O)[C@H](C)NC(=O)[C@H](Cc1cnc[nH]1)NC(=O)[C@H](CC(N)=O)NC(=O)CNC(=O)[C@H](C)NC(=O)CNC(=O)[C@H](Cc1cnc[nH]1)NC(=O)[C@H](CC(C)C)NC(=O)[C@@H]1CCCN1C(=O)[C@H](CCC(=O)O)NC(=O)[C@@H](N)Cc1ccc(O)cc1)C(=O)N[C@@H](CC(C)C)C(=O)N[C@H](C(=O)N[C@@H](CC(C)C)C(N)=O)[C@@H](C)O. The first-order valence-corrected chi connectivity index (χ1v) is 40.5. The molecule has 1 fully saturated rings. The van der Waals surface area contributed by atoms with Gasteiger partial charge in [0.2, 0.25) is 106 Å². The number of hydrogen-bond acceptors (Lipinski definition) is 24. The van der Waals surface area contributed by atoms with Crippen molar-refractivity contribution in [3.8, 4) is 5.75 Å². The minimum Gasteiger partial charge on any atom is -0.508 e. The van der Waals surface area contributed by atoms with Gasteiger partial charge in [-0.1, -0.05) is 73.9 Å². The molecule has 45 heteroatoms. The second kappa shape index (κ2) is 50.5. The van der Waals surface area contributed by atoms with Crippen molar-refractivity contribution in [3.05, 3.63) is 66.3 Å². The number of nitrogens with zero attached hydrogens (tertiary/aromatic N) is 3. The van der Waals surface area contributed by atoms with Gasteiger partial charge in [0, 0.05) is 49.6 Å². The van der Waals surface area contributed by atoms with E-state index < -0.39 is 241 Å². The van der Waals surface area contributed by atoms with E-state index in [2.05, 4.69) is 99.7 Å². The highest BCUT2D eigenvalue weighted by Crippen LogP contribution is 2.22. The number of aliphatic carboxylic acids is 1. The molecule has 2 aromatic heterocycles. The quantitative estimate of drug-likeness (QED) is 0.0250.